The SMILES string of the molecule is CCCCOc1nc(N)c2c(n1)N(Cc1ccc(CN3CCC(N)CC3)cc1)C(=O)C2. The van der Waals surface area contributed by atoms with Crippen molar-refractivity contribution in [3.63, 3.8) is 0 Å². The first-order chi connectivity index (χ1) is 15.0. The molecule has 8 nitrogen and oxygen atoms in total. The second kappa shape index (κ2) is 9.62. The molecular formula is C23H32N6O2. The summed E-state index contributed by atoms with van der Waals surface area (Å²) in [5.74, 6) is 0.872. The zero-order valence-electron chi connectivity index (χ0n) is 18.2. The van der Waals surface area contributed by atoms with E-state index in [9.17, 15) is 4.79 Å². The van der Waals surface area contributed by atoms with Gasteiger partial charge < -0.3 is 16.2 Å². The van der Waals surface area contributed by atoms with Gasteiger partial charge >= 0.3 is 6.01 Å². The summed E-state index contributed by atoms with van der Waals surface area (Å²) in [6.45, 7) is 6.11. The Labute approximate surface area is 183 Å². The van der Waals surface area contributed by atoms with Gasteiger partial charge in [0.1, 0.15) is 11.6 Å². The number of nitrogens with zero attached hydrogens (tertiary/aromatic N) is 4. The second-order valence-corrected chi connectivity index (χ2v) is 8.48. The molecule has 2 aliphatic rings. The van der Waals surface area contributed by atoms with Crippen LogP contribution < -0.4 is 21.1 Å². The number of hydrogen-bond donors (Lipinski definition) is 2. The smallest absolute Gasteiger partial charge is 0.320 e. The topological polar surface area (TPSA) is 111 Å². The summed E-state index contributed by atoms with van der Waals surface area (Å²) >= 11 is 0. The van der Waals surface area contributed by atoms with Crippen molar-refractivity contribution in [3.05, 3.63) is 41.0 Å². The highest BCUT2D eigenvalue weighted by atomic mass is 16.5. The minimum atomic E-state index is -0.0181. The van der Waals surface area contributed by atoms with Gasteiger partial charge in [0.15, 0.2) is 0 Å². The van der Waals surface area contributed by atoms with E-state index in [1.54, 1.807) is 4.90 Å². The number of carbonyl (C=O) groups excluding carboxylic acids is 1. The van der Waals surface area contributed by atoms with Gasteiger partial charge in [0.25, 0.3) is 0 Å². The highest BCUT2D eigenvalue weighted by Gasteiger charge is 2.32. The van der Waals surface area contributed by atoms with Crippen LogP contribution in [0.4, 0.5) is 11.6 Å². The van der Waals surface area contributed by atoms with Crippen LogP contribution in [0, 0.1) is 0 Å². The van der Waals surface area contributed by atoms with Crippen LogP contribution in [0.25, 0.3) is 0 Å². The van der Waals surface area contributed by atoms with Crippen LogP contribution in [0.3, 0.4) is 0 Å². The summed E-state index contributed by atoms with van der Waals surface area (Å²) in [5, 5.41) is 0. The molecule has 0 bridgehead atoms. The van der Waals surface area contributed by atoms with Crippen LogP contribution in [-0.4, -0.2) is 46.5 Å². The molecule has 0 atom stereocenters. The van der Waals surface area contributed by atoms with E-state index in [0.717, 1.165) is 50.9 Å². The van der Waals surface area contributed by atoms with E-state index in [4.69, 9.17) is 16.2 Å². The van der Waals surface area contributed by atoms with Gasteiger partial charge in [-0.3, -0.25) is 14.6 Å². The number of hydrogen-bond acceptors (Lipinski definition) is 7. The van der Waals surface area contributed by atoms with Crippen LogP contribution in [0.2, 0.25) is 0 Å². The molecule has 1 aromatic carbocycles. The predicted molar refractivity (Wildman–Crippen MR) is 121 cm³/mol. The zero-order chi connectivity index (χ0) is 21.8. The molecule has 0 radical (unpaired) electrons. The van der Waals surface area contributed by atoms with Crippen molar-refractivity contribution < 1.29 is 9.53 Å². The lowest BCUT2D eigenvalue weighted by atomic mass is 10.0. The van der Waals surface area contributed by atoms with Gasteiger partial charge in [0.2, 0.25) is 5.91 Å². The number of anilines is 2. The summed E-state index contributed by atoms with van der Waals surface area (Å²) in [6, 6.07) is 9.02. The van der Waals surface area contributed by atoms with Gasteiger partial charge in [-0.1, -0.05) is 37.6 Å². The van der Waals surface area contributed by atoms with Crippen molar-refractivity contribution in [2.75, 3.05) is 30.3 Å². The largest absolute Gasteiger partial charge is 0.463 e. The van der Waals surface area contributed by atoms with Crippen molar-refractivity contribution >= 4 is 17.5 Å². The van der Waals surface area contributed by atoms with Crippen LogP contribution in [-0.2, 0) is 24.3 Å². The quantitative estimate of drug-likeness (QED) is 0.625. The van der Waals surface area contributed by atoms with Gasteiger partial charge in [-0.2, -0.15) is 9.97 Å². The average Bonchev–Trinajstić information content (AvgIpc) is 3.07. The van der Waals surface area contributed by atoms with Crippen molar-refractivity contribution in [2.24, 2.45) is 5.73 Å². The molecule has 1 amide bonds. The molecule has 1 saturated heterocycles. The van der Waals surface area contributed by atoms with E-state index in [2.05, 4.69) is 46.1 Å². The Morgan fingerprint density at radius 3 is 2.45 bits per heavy atom. The number of ether oxygens (including phenoxy) is 1. The average molecular weight is 425 g/mol. The van der Waals surface area contributed by atoms with Crippen LogP contribution >= 0.6 is 0 Å². The molecule has 2 aliphatic heterocycles. The minimum Gasteiger partial charge on any atom is -0.463 e. The molecule has 0 unspecified atom stereocenters. The lowest BCUT2D eigenvalue weighted by Gasteiger charge is -2.30. The third-order valence-electron chi connectivity index (χ3n) is 6.01. The van der Waals surface area contributed by atoms with Gasteiger partial charge in [0, 0.05) is 18.2 Å². The Morgan fingerprint density at radius 2 is 1.77 bits per heavy atom. The molecule has 166 valence electrons. The van der Waals surface area contributed by atoms with E-state index in [1.165, 1.54) is 5.56 Å². The van der Waals surface area contributed by atoms with Crippen molar-refractivity contribution in [2.45, 2.75) is 58.2 Å². The van der Waals surface area contributed by atoms with Crippen molar-refractivity contribution in [1.29, 1.82) is 0 Å². The first kappa shape index (κ1) is 21.5. The second-order valence-electron chi connectivity index (χ2n) is 8.48. The Hall–Kier alpha value is -2.71. The standard InChI is InChI=1S/C23H32N6O2/c1-2-3-12-31-23-26-21(25)19-13-20(30)29(22(19)27-23)15-17-6-4-16(5-7-17)14-28-10-8-18(24)9-11-28/h4-7,18H,2-3,8-15,24H2,1H3,(H2,25,26,27). The molecular weight excluding hydrogens is 392 g/mol. The summed E-state index contributed by atoms with van der Waals surface area (Å²) in [6.07, 6.45) is 4.28. The van der Waals surface area contributed by atoms with Gasteiger partial charge in [-0.05, 0) is 43.5 Å². The van der Waals surface area contributed by atoms with Crippen LogP contribution in [0.1, 0.15) is 49.3 Å². The number of rotatable bonds is 8. The Balaban J connectivity index is 1.43. The van der Waals surface area contributed by atoms with E-state index < -0.39 is 0 Å². The van der Waals surface area contributed by atoms with Crippen LogP contribution in [0.15, 0.2) is 24.3 Å². The highest BCUT2D eigenvalue weighted by Crippen LogP contribution is 2.33. The highest BCUT2D eigenvalue weighted by molar-refractivity contribution is 6.01. The predicted octanol–water partition coefficient (Wildman–Crippen LogP) is 2.25. The molecule has 8 heteroatoms. The normalized spacial score (nSPS) is 17.2. The molecule has 1 aromatic heterocycles. The number of aromatic nitrogens is 2. The lowest BCUT2D eigenvalue weighted by molar-refractivity contribution is -0.117. The maximum atomic E-state index is 12.7. The van der Waals surface area contributed by atoms with Gasteiger partial charge in [0.05, 0.1) is 19.6 Å². The number of carbonyl (C=O) groups is 1. The van der Waals surface area contributed by atoms with E-state index in [0.29, 0.717) is 36.4 Å². The maximum absolute atomic E-state index is 12.7. The lowest BCUT2D eigenvalue weighted by Crippen LogP contribution is -2.39. The van der Waals surface area contributed by atoms with Gasteiger partial charge in [-0.25, -0.2) is 0 Å². The van der Waals surface area contributed by atoms with E-state index >= 15 is 0 Å². The fraction of sp³-hybridized carbons (Fsp3) is 0.522. The van der Waals surface area contributed by atoms with Crippen molar-refractivity contribution in [1.82, 2.24) is 14.9 Å². The van der Waals surface area contributed by atoms with E-state index in [-0.39, 0.29) is 18.3 Å². The number of nitrogens with two attached hydrogens (primary N) is 2. The number of unbranched alkanes of at least 4 members (excludes halogenated alkanes) is 1. The summed E-state index contributed by atoms with van der Waals surface area (Å²) in [7, 11) is 0. The van der Waals surface area contributed by atoms with E-state index in [1.807, 2.05) is 0 Å². The Kier molecular flexibility index (Phi) is 6.67. The molecule has 1 fully saturated rings. The fourth-order valence-electron chi connectivity index (χ4n) is 4.06. The molecule has 0 aliphatic carbocycles. The number of benzene rings is 1. The molecule has 2 aromatic rings. The third kappa shape index (κ3) is 5.14. The zero-order valence-corrected chi connectivity index (χ0v) is 18.2. The Bertz CT molecular complexity index is 909. The minimum absolute atomic E-state index is 0.0181. The first-order valence-electron chi connectivity index (χ1n) is 11.2. The monoisotopic (exact) mass is 424 g/mol. The maximum Gasteiger partial charge on any atom is 0.320 e. The fourth-order valence-corrected chi connectivity index (χ4v) is 4.06. The molecule has 4 rings (SSSR count). The summed E-state index contributed by atoms with van der Waals surface area (Å²) < 4.78 is 5.63. The first-order valence-corrected chi connectivity index (χ1v) is 11.2. The third-order valence-corrected chi connectivity index (χ3v) is 6.01. The number of nitrogen functional groups attached to an aromatic ring is 1. The van der Waals surface area contributed by atoms with Crippen LogP contribution in [0.5, 0.6) is 6.01 Å². The molecule has 4 N–H and O–H groups in total. The number of likely N-dealkylation sites (tertiary alicyclic amines) is 1. The summed E-state index contributed by atoms with van der Waals surface area (Å²) in [4.78, 5) is 25.5. The molecule has 3 heterocycles. The van der Waals surface area contributed by atoms with Crippen molar-refractivity contribution in [3.8, 4) is 6.01 Å². The summed E-state index contributed by atoms with van der Waals surface area (Å²) in [5.41, 5.74) is 15.1. The number of amides is 1. The molecule has 0 saturated carbocycles. The molecule has 31 heavy (non-hydrogen) atoms. The van der Waals surface area contributed by atoms with Gasteiger partial charge in [-0.15, -0.1) is 0 Å². The molecule has 0 spiro atoms. The number of piperidine rings is 1. The number of fused-ring (bicyclic) bond motifs is 1. The Morgan fingerprint density at radius 1 is 1.10 bits per heavy atom.